The highest BCUT2D eigenvalue weighted by molar-refractivity contribution is 5.96. The van der Waals surface area contributed by atoms with Crippen LogP contribution in [-0.2, 0) is 20.9 Å². The van der Waals surface area contributed by atoms with E-state index in [1.807, 2.05) is 57.2 Å². The highest BCUT2D eigenvalue weighted by Gasteiger charge is 2.18. The van der Waals surface area contributed by atoms with Gasteiger partial charge in [0.25, 0.3) is 5.91 Å². The van der Waals surface area contributed by atoms with E-state index in [0.29, 0.717) is 33.2 Å². The van der Waals surface area contributed by atoms with Crippen molar-refractivity contribution >= 4 is 39.4 Å². The van der Waals surface area contributed by atoms with Gasteiger partial charge >= 0.3 is 5.97 Å². The van der Waals surface area contributed by atoms with Gasteiger partial charge in [0.2, 0.25) is 0 Å². The summed E-state index contributed by atoms with van der Waals surface area (Å²) < 4.78 is 8.82. The van der Waals surface area contributed by atoms with Crippen LogP contribution >= 0.6 is 0 Å². The molecule has 8 heteroatoms. The lowest BCUT2D eigenvalue weighted by molar-refractivity contribution is -0.147. The predicted molar refractivity (Wildman–Crippen MR) is 143 cm³/mol. The van der Waals surface area contributed by atoms with Crippen LogP contribution in [0.5, 0.6) is 0 Å². The van der Waals surface area contributed by atoms with Crippen molar-refractivity contribution in [1.82, 2.24) is 14.3 Å². The van der Waals surface area contributed by atoms with Gasteiger partial charge < -0.3 is 14.6 Å². The molecule has 0 fully saturated rings. The van der Waals surface area contributed by atoms with Crippen molar-refractivity contribution in [3.8, 4) is 5.69 Å². The molecule has 0 spiro atoms. The van der Waals surface area contributed by atoms with E-state index >= 15 is 0 Å². The predicted octanol–water partition coefficient (Wildman–Crippen LogP) is 4.45. The lowest BCUT2D eigenvalue weighted by atomic mass is 10.1. The minimum Gasteiger partial charge on any atom is -0.454 e. The Balaban J connectivity index is 1.31. The van der Waals surface area contributed by atoms with Crippen molar-refractivity contribution < 1.29 is 14.3 Å². The van der Waals surface area contributed by atoms with Gasteiger partial charge in [0.1, 0.15) is 6.54 Å². The second kappa shape index (κ2) is 9.73. The zero-order valence-corrected chi connectivity index (χ0v) is 20.8. The molecule has 2 aromatic heterocycles. The second-order valence-corrected chi connectivity index (χ2v) is 8.95. The van der Waals surface area contributed by atoms with Gasteiger partial charge in [0.15, 0.2) is 12.0 Å². The van der Waals surface area contributed by atoms with Crippen LogP contribution in [0.3, 0.4) is 0 Å². The Morgan fingerprint density at radius 2 is 1.46 bits per heavy atom. The third-order valence-corrected chi connectivity index (χ3v) is 6.36. The summed E-state index contributed by atoms with van der Waals surface area (Å²) in [5.41, 5.74) is 5.20. The van der Waals surface area contributed by atoms with Crippen molar-refractivity contribution in [3.05, 3.63) is 100.0 Å². The van der Waals surface area contributed by atoms with Crippen molar-refractivity contribution in [2.24, 2.45) is 0 Å². The molecule has 0 bridgehead atoms. The summed E-state index contributed by atoms with van der Waals surface area (Å²) in [5, 5.41) is 8.40. The SMILES string of the molecule is Cc1ccc(-n2nc(C)c(NC(=O)COC(=O)Cn3c4ccccc4c(=O)c4ccccc43)c2C)cc1. The molecule has 1 N–H and O–H groups in total. The van der Waals surface area contributed by atoms with E-state index in [9.17, 15) is 14.4 Å². The van der Waals surface area contributed by atoms with Gasteiger partial charge in [-0.15, -0.1) is 0 Å². The Hall–Kier alpha value is -4.72. The molecule has 1 amide bonds. The monoisotopic (exact) mass is 494 g/mol. The maximum atomic E-state index is 12.9. The first-order valence-corrected chi connectivity index (χ1v) is 11.9. The highest BCUT2D eigenvalue weighted by Crippen LogP contribution is 2.23. The lowest BCUT2D eigenvalue weighted by Gasteiger charge is -2.14. The molecule has 5 rings (SSSR count). The van der Waals surface area contributed by atoms with Crippen LogP contribution in [-0.4, -0.2) is 32.8 Å². The molecule has 0 saturated heterocycles. The van der Waals surface area contributed by atoms with Crippen molar-refractivity contribution in [1.29, 1.82) is 0 Å². The number of ether oxygens (including phenoxy) is 1. The van der Waals surface area contributed by atoms with Gasteiger partial charge in [-0.05, 0) is 57.2 Å². The minimum absolute atomic E-state index is 0.0906. The molecule has 0 aliphatic rings. The van der Waals surface area contributed by atoms with Crippen LogP contribution in [0, 0.1) is 20.8 Å². The molecule has 0 aliphatic carbocycles. The normalized spacial score (nSPS) is 11.1. The largest absolute Gasteiger partial charge is 0.454 e. The van der Waals surface area contributed by atoms with Crippen LogP contribution in [0.15, 0.2) is 77.6 Å². The molecule has 8 nitrogen and oxygen atoms in total. The number of esters is 1. The number of para-hydroxylation sites is 2. The van der Waals surface area contributed by atoms with Gasteiger partial charge in [0, 0.05) is 10.8 Å². The maximum absolute atomic E-state index is 12.9. The molecule has 5 aromatic rings. The maximum Gasteiger partial charge on any atom is 0.326 e. The molecule has 186 valence electrons. The Morgan fingerprint density at radius 3 is 2.08 bits per heavy atom. The third kappa shape index (κ3) is 4.61. The van der Waals surface area contributed by atoms with Crippen LogP contribution in [0.1, 0.15) is 17.0 Å². The first-order valence-electron chi connectivity index (χ1n) is 11.9. The van der Waals surface area contributed by atoms with Gasteiger partial charge in [0.05, 0.1) is 33.8 Å². The second-order valence-electron chi connectivity index (χ2n) is 8.95. The average Bonchev–Trinajstić information content (AvgIpc) is 3.18. The number of carbonyl (C=O) groups excluding carboxylic acids is 2. The molecule has 3 aromatic carbocycles. The van der Waals surface area contributed by atoms with E-state index in [2.05, 4.69) is 10.4 Å². The number of rotatable bonds is 6. The van der Waals surface area contributed by atoms with Crippen LogP contribution in [0.2, 0.25) is 0 Å². The number of anilines is 1. The number of fused-ring (bicyclic) bond motifs is 2. The highest BCUT2D eigenvalue weighted by atomic mass is 16.5. The summed E-state index contributed by atoms with van der Waals surface area (Å²) >= 11 is 0. The number of nitrogens with zero attached hydrogens (tertiary/aromatic N) is 3. The van der Waals surface area contributed by atoms with E-state index in [1.165, 1.54) is 0 Å². The minimum atomic E-state index is -0.585. The Labute approximate surface area is 213 Å². The van der Waals surface area contributed by atoms with Crippen molar-refractivity contribution in [2.45, 2.75) is 27.3 Å². The first kappa shape index (κ1) is 24.0. The smallest absolute Gasteiger partial charge is 0.326 e. The number of hydrogen-bond acceptors (Lipinski definition) is 5. The number of benzene rings is 3. The van der Waals surface area contributed by atoms with Crippen LogP contribution in [0.25, 0.3) is 27.5 Å². The summed E-state index contributed by atoms with van der Waals surface area (Å²) in [6.07, 6.45) is 0. The molecular formula is C29H26N4O4. The topological polar surface area (TPSA) is 95.2 Å². The Morgan fingerprint density at radius 1 is 0.865 bits per heavy atom. The van der Waals surface area contributed by atoms with Crippen LogP contribution in [0.4, 0.5) is 5.69 Å². The van der Waals surface area contributed by atoms with E-state index in [0.717, 1.165) is 16.9 Å². The van der Waals surface area contributed by atoms with Gasteiger partial charge in [-0.25, -0.2) is 4.68 Å². The van der Waals surface area contributed by atoms with E-state index in [4.69, 9.17) is 4.74 Å². The van der Waals surface area contributed by atoms with Gasteiger partial charge in [-0.3, -0.25) is 14.4 Å². The number of aryl methyl sites for hydroxylation is 2. The molecular weight excluding hydrogens is 468 g/mol. The first-order chi connectivity index (χ1) is 17.8. The third-order valence-electron chi connectivity index (χ3n) is 6.36. The molecule has 0 aliphatic heterocycles. The number of hydrogen-bond donors (Lipinski definition) is 1. The zero-order chi connectivity index (χ0) is 26.1. The van der Waals surface area contributed by atoms with Gasteiger partial charge in [-0.1, -0.05) is 42.0 Å². The summed E-state index contributed by atoms with van der Waals surface area (Å²) in [4.78, 5) is 38.3. The van der Waals surface area contributed by atoms with Crippen molar-refractivity contribution in [2.75, 3.05) is 11.9 Å². The number of carbonyl (C=O) groups is 2. The molecule has 0 radical (unpaired) electrons. The lowest BCUT2D eigenvalue weighted by Crippen LogP contribution is -2.24. The summed E-state index contributed by atoms with van der Waals surface area (Å²) in [6.45, 7) is 5.11. The fourth-order valence-electron chi connectivity index (χ4n) is 4.50. The van der Waals surface area contributed by atoms with E-state index in [-0.39, 0.29) is 12.0 Å². The number of amides is 1. The summed E-state index contributed by atoms with van der Waals surface area (Å²) in [6, 6.07) is 22.2. The zero-order valence-electron chi connectivity index (χ0n) is 20.8. The van der Waals surface area contributed by atoms with Crippen LogP contribution < -0.4 is 10.7 Å². The standard InChI is InChI=1S/C29H26N4O4/c1-18-12-14-21(15-13-18)33-20(3)28(19(2)31-33)30-26(34)17-37-27(35)16-32-24-10-6-4-8-22(24)29(36)23-9-5-7-11-25(23)32/h4-15H,16-17H2,1-3H3,(H,30,34). The molecule has 0 unspecified atom stereocenters. The van der Waals surface area contributed by atoms with E-state index < -0.39 is 18.5 Å². The number of pyridine rings is 1. The quantitative estimate of drug-likeness (QED) is 0.278. The van der Waals surface area contributed by atoms with Crippen molar-refractivity contribution in [3.63, 3.8) is 0 Å². The summed E-state index contributed by atoms with van der Waals surface area (Å²) in [7, 11) is 0. The molecule has 37 heavy (non-hydrogen) atoms. The number of aromatic nitrogens is 3. The average molecular weight is 495 g/mol. The number of nitrogens with one attached hydrogen (secondary N) is 1. The summed E-state index contributed by atoms with van der Waals surface area (Å²) in [5.74, 6) is -1.05. The molecule has 2 heterocycles. The Kier molecular flexibility index (Phi) is 6.31. The molecule has 0 atom stereocenters. The van der Waals surface area contributed by atoms with E-state index in [1.54, 1.807) is 45.6 Å². The molecule has 0 saturated carbocycles. The fraction of sp³-hybridized carbons (Fsp3) is 0.172. The Bertz CT molecular complexity index is 1650. The van der Waals surface area contributed by atoms with Gasteiger partial charge in [-0.2, -0.15) is 5.10 Å². The fourth-order valence-corrected chi connectivity index (χ4v) is 4.50.